The van der Waals surface area contributed by atoms with Gasteiger partial charge in [-0.3, -0.25) is 0 Å². The lowest BCUT2D eigenvalue weighted by atomic mass is 9.82. The van der Waals surface area contributed by atoms with Gasteiger partial charge in [-0.25, -0.2) is 0 Å². The molecule has 0 N–H and O–H groups in total. The van der Waals surface area contributed by atoms with Gasteiger partial charge in [-0.15, -0.1) is 0 Å². The van der Waals surface area contributed by atoms with Crippen molar-refractivity contribution in [2.24, 2.45) is 0 Å². The van der Waals surface area contributed by atoms with Crippen molar-refractivity contribution < 1.29 is 4.74 Å². The van der Waals surface area contributed by atoms with Crippen molar-refractivity contribution in [2.45, 2.75) is 33.9 Å². The lowest BCUT2D eigenvalue weighted by molar-refractivity contribution is 0.415. The molecule has 0 saturated heterocycles. The largest absolute Gasteiger partial charge is 0.497 e. The number of aromatic nitrogens is 2. The molecular weight excluding hydrogens is 769 g/mol. The summed E-state index contributed by atoms with van der Waals surface area (Å²) < 4.78 is 11.3. The number of rotatable bonds is 9. The number of ether oxygens (including phenoxy) is 1. The number of anilines is 6. The van der Waals surface area contributed by atoms with Crippen LogP contribution in [0.15, 0.2) is 182 Å². The second kappa shape index (κ2) is 14.4. The molecule has 5 nitrogen and oxygen atoms in total. The summed E-state index contributed by atoms with van der Waals surface area (Å²) in [6.45, 7) is 8.38. The Morgan fingerprint density at radius 1 is 0.397 bits per heavy atom. The molecule has 10 aromatic rings. The lowest BCUT2D eigenvalue weighted by Gasteiger charge is -2.35. The van der Waals surface area contributed by atoms with Crippen molar-refractivity contribution in [2.75, 3.05) is 16.9 Å². The molecule has 2 aliphatic heterocycles. The monoisotopic (exact) mass is 814 g/mol. The predicted octanol–water partition coefficient (Wildman–Crippen LogP) is 16.0. The Hall–Kier alpha value is -7.76. The molecule has 0 atom stereocenters. The normalized spacial score (nSPS) is 11.9. The Labute approximate surface area is 366 Å². The van der Waals surface area contributed by atoms with Crippen molar-refractivity contribution in [3.8, 4) is 16.9 Å². The van der Waals surface area contributed by atoms with E-state index in [1.54, 1.807) is 7.11 Å². The molecule has 0 aliphatic carbocycles. The van der Waals surface area contributed by atoms with E-state index in [-0.39, 0.29) is 0 Å². The molecule has 0 amide bonds. The van der Waals surface area contributed by atoms with Gasteiger partial charge in [-0.2, -0.15) is 0 Å². The fraction of sp³-hybridized carbons (Fsp3) is 0.103. The summed E-state index contributed by atoms with van der Waals surface area (Å²) in [6, 6.07) is 66.6. The number of pyridine rings is 2. The van der Waals surface area contributed by atoms with Crippen molar-refractivity contribution >= 4 is 99.3 Å². The van der Waals surface area contributed by atoms with Crippen LogP contribution in [-0.2, 0) is 13.1 Å². The highest BCUT2D eigenvalue weighted by molar-refractivity contribution is 6.39. The summed E-state index contributed by atoms with van der Waals surface area (Å²) in [4.78, 5) is 4.89. The molecule has 2 aliphatic rings. The van der Waals surface area contributed by atoms with Gasteiger partial charge in [0.25, 0.3) is 0 Å². The van der Waals surface area contributed by atoms with Crippen molar-refractivity contribution in [1.29, 1.82) is 0 Å². The van der Waals surface area contributed by atoms with Crippen LogP contribution in [0.3, 0.4) is 0 Å². The van der Waals surface area contributed by atoms with Crippen LogP contribution in [0.1, 0.15) is 19.4 Å². The SMILES string of the molecule is CCn1c2c3c4c(ccc(N(c5ccccc5)c5ccccc5)c4n(CC)c4c-3c3c(ccc(N(c5ccccc5)c5ccccc5)c31)c1cc(OC)ccc14)c1cc(C)ccc12. The van der Waals surface area contributed by atoms with E-state index in [0.29, 0.717) is 0 Å². The number of fused-ring (bicyclic) bond motifs is 6. The highest BCUT2D eigenvalue weighted by atomic mass is 16.5. The summed E-state index contributed by atoms with van der Waals surface area (Å²) in [7, 11) is 1.77. The Kier molecular flexibility index (Phi) is 8.48. The highest BCUT2D eigenvalue weighted by Crippen LogP contribution is 2.57. The molecule has 10 aromatic carbocycles. The van der Waals surface area contributed by atoms with E-state index in [4.69, 9.17) is 4.74 Å². The van der Waals surface area contributed by atoms with E-state index < -0.39 is 0 Å². The molecular formula is C58H46N4O. The van der Waals surface area contributed by atoms with Gasteiger partial charge in [0.15, 0.2) is 0 Å². The fourth-order valence-corrected chi connectivity index (χ4v) is 10.8. The molecule has 5 heteroatoms. The van der Waals surface area contributed by atoms with Gasteiger partial charge in [0.1, 0.15) is 5.75 Å². The number of aryl methyl sites for hydroxylation is 3. The molecule has 63 heavy (non-hydrogen) atoms. The second-order valence-electron chi connectivity index (χ2n) is 16.6. The molecule has 304 valence electrons. The molecule has 0 saturated carbocycles. The van der Waals surface area contributed by atoms with Crippen LogP contribution in [0.5, 0.6) is 5.75 Å². The van der Waals surface area contributed by atoms with Crippen molar-refractivity contribution in [1.82, 2.24) is 9.13 Å². The van der Waals surface area contributed by atoms with Crippen LogP contribution in [0.25, 0.3) is 76.3 Å². The number of hydrogen-bond donors (Lipinski definition) is 0. The first-order chi connectivity index (χ1) is 31.1. The summed E-state index contributed by atoms with van der Waals surface area (Å²) in [5.74, 6) is 0.845. The van der Waals surface area contributed by atoms with E-state index in [0.717, 1.165) is 53.0 Å². The van der Waals surface area contributed by atoms with Gasteiger partial charge < -0.3 is 23.7 Å². The quantitative estimate of drug-likeness (QED) is 0.107. The van der Waals surface area contributed by atoms with Gasteiger partial charge >= 0.3 is 0 Å². The lowest BCUT2D eigenvalue weighted by Crippen LogP contribution is -2.17. The maximum absolute atomic E-state index is 6.00. The maximum atomic E-state index is 6.00. The zero-order valence-corrected chi connectivity index (χ0v) is 35.9. The van der Waals surface area contributed by atoms with Crippen LogP contribution in [0, 0.1) is 6.92 Å². The first-order valence-corrected chi connectivity index (χ1v) is 22.1. The first-order valence-electron chi connectivity index (χ1n) is 22.1. The Bertz CT molecular complexity index is 3550. The van der Waals surface area contributed by atoms with E-state index in [2.05, 4.69) is 222 Å². The third-order valence-electron chi connectivity index (χ3n) is 13.3. The average Bonchev–Trinajstić information content (AvgIpc) is 3.34. The van der Waals surface area contributed by atoms with Crippen LogP contribution in [-0.4, -0.2) is 16.2 Å². The summed E-state index contributed by atoms with van der Waals surface area (Å²) in [5, 5.41) is 9.96. The molecule has 2 heterocycles. The third kappa shape index (κ3) is 5.36. The Balaban J connectivity index is 1.39. The molecule has 0 bridgehead atoms. The zero-order valence-electron chi connectivity index (χ0n) is 35.9. The number of hydrogen-bond acceptors (Lipinski definition) is 3. The zero-order chi connectivity index (χ0) is 42.3. The van der Waals surface area contributed by atoms with Crippen molar-refractivity contribution in [3.63, 3.8) is 0 Å². The minimum absolute atomic E-state index is 0.760. The van der Waals surface area contributed by atoms with Crippen LogP contribution < -0.4 is 14.5 Å². The standard InChI is InChI=1S/C58H46N4O/c1-5-59-55-45-29-27-37(3)35-47(45)43-31-33-49(61(38-19-11-7-12-20-38)39-21-13-8-14-22-39)57-51(43)53(55)54-52-44(48-36-42(63-4)28-30-46(48)56(54)60(57)6-2)32-34-50(58(52)59)62(40-23-15-9-16-24-40)41-25-17-10-18-26-41/h7-36H,5-6H2,1-4H3. The van der Waals surface area contributed by atoms with Gasteiger partial charge in [-0.1, -0.05) is 109 Å². The Morgan fingerprint density at radius 2 is 0.778 bits per heavy atom. The fourth-order valence-electron chi connectivity index (χ4n) is 10.8. The molecule has 0 radical (unpaired) electrons. The van der Waals surface area contributed by atoms with Crippen LogP contribution in [0.2, 0.25) is 0 Å². The first kappa shape index (κ1) is 37.0. The minimum Gasteiger partial charge on any atom is -0.497 e. The minimum atomic E-state index is 0.760. The third-order valence-corrected chi connectivity index (χ3v) is 13.3. The summed E-state index contributed by atoms with van der Waals surface area (Å²) in [6.07, 6.45) is 0. The van der Waals surface area contributed by atoms with E-state index in [9.17, 15) is 0 Å². The number of nitrogens with zero attached hydrogens (tertiary/aromatic N) is 4. The average molecular weight is 815 g/mol. The van der Waals surface area contributed by atoms with Crippen LogP contribution >= 0.6 is 0 Å². The topological polar surface area (TPSA) is 25.6 Å². The molecule has 0 spiro atoms. The number of para-hydroxylation sites is 4. The molecule has 0 unspecified atom stereocenters. The van der Waals surface area contributed by atoms with Gasteiger partial charge in [0.05, 0.1) is 40.6 Å². The summed E-state index contributed by atoms with van der Waals surface area (Å²) in [5.41, 5.74) is 15.5. The highest BCUT2D eigenvalue weighted by Gasteiger charge is 2.33. The molecule has 0 fully saturated rings. The van der Waals surface area contributed by atoms with Gasteiger partial charge in [0, 0.05) is 68.5 Å². The second-order valence-corrected chi connectivity index (χ2v) is 16.6. The Morgan fingerprint density at radius 3 is 1.17 bits per heavy atom. The van der Waals surface area contributed by atoms with E-state index >= 15 is 0 Å². The molecule has 0 aromatic heterocycles. The van der Waals surface area contributed by atoms with E-state index in [1.165, 1.54) is 81.8 Å². The number of methoxy groups -OCH3 is 1. The number of benzene rings is 10. The maximum Gasteiger partial charge on any atom is 0.119 e. The summed E-state index contributed by atoms with van der Waals surface area (Å²) >= 11 is 0. The van der Waals surface area contributed by atoms with Crippen molar-refractivity contribution in [3.05, 3.63) is 188 Å². The van der Waals surface area contributed by atoms with Gasteiger partial charge in [-0.05, 0) is 121 Å². The smallest absolute Gasteiger partial charge is 0.119 e. The van der Waals surface area contributed by atoms with Gasteiger partial charge in [0.2, 0.25) is 0 Å². The van der Waals surface area contributed by atoms with E-state index in [1.807, 2.05) is 0 Å². The van der Waals surface area contributed by atoms with Crippen LogP contribution in [0.4, 0.5) is 34.1 Å². The molecule has 12 rings (SSSR count). The predicted molar refractivity (Wildman–Crippen MR) is 267 cm³/mol.